The number of aromatic nitrogens is 1. The SMILES string of the molecule is CC1CCC2(CC1)OCC(C(=O)NCc1cccnc1)N2C(=O)c1ccccc1F. The summed E-state index contributed by atoms with van der Waals surface area (Å²) in [6.45, 7) is 2.57. The maximum atomic E-state index is 14.4. The topological polar surface area (TPSA) is 71.5 Å². The van der Waals surface area contributed by atoms with Crippen LogP contribution >= 0.6 is 0 Å². The fraction of sp³-hybridized carbons (Fsp3) is 0.435. The summed E-state index contributed by atoms with van der Waals surface area (Å²) < 4.78 is 20.5. The van der Waals surface area contributed by atoms with Crippen LogP contribution in [-0.4, -0.2) is 40.1 Å². The molecule has 1 saturated heterocycles. The second-order valence-corrected chi connectivity index (χ2v) is 8.19. The second kappa shape index (κ2) is 8.52. The van der Waals surface area contributed by atoms with Crippen LogP contribution in [0.3, 0.4) is 0 Å². The average molecular weight is 411 g/mol. The summed E-state index contributed by atoms with van der Waals surface area (Å²) in [5, 5.41) is 2.88. The lowest BCUT2D eigenvalue weighted by atomic mass is 9.83. The van der Waals surface area contributed by atoms with Gasteiger partial charge in [0.15, 0.2) is 0 Å². The van der Waals surface area contributed by atoms with E-state index in [4.69, 9.17) is 4.74 Å². The Hall–Kier alpha value is -2.80. The summed E-state index contributed by atoms with van der Waals surface area (Å²) in [4.78, 5) is 32.0. The van der Waals surface area contributed by atoms with E-state index in [2.05, 4.69) is 17.2 Å². The molecule has 2 aromatic rings. The van der Waals surface area contributed by atoms with Crippen LogP contribution in [0.1, 0.15) is 48.5 Å². The molecule has 0 radical (unpaired) electrons. The predicted octanol–water partition coefficient (Wildman–Crippen LogP) is 3.28. The Labute approximate surface area is 175 Å². The molecule has 1 N–H and O–H groups in total. The van der Waals surface area contributed by atoms with Gasteiger partial charge in [-0.3, -0.25) is 19.5 Å². The lowest BCUT2D eigenvalue weighted by Gasteiger charge is -2.43. The largest absolute Gasteiger partial charge is 0.353 e. The molecule has 6 nitrogen and oxygen atoms in total. The van der Waals surface area contributed by atoms with E-state index >= 15 is 0 Å². The normalized spacial score (nSPS) is 26.0. The van der Waals surface area contributed by atoms with Crippen molar-refractivity contribution in [2.75, 3.05) is 6.61 Å². The maximum Gasteiger partial charge on any atom is 0.259 e. The minimum absolute atomic E-state index is 0.0361. The standard InChI is InChI=1S/C23H26FN3O3/c1-16-8-10-23(11-9-16)27(22(29)18-6-2-3-7-19(18)24)20(15-30-23)21(28)26-14-17-5-4-12-25-13-17/h2-7,12-13,16,20H,8-11,14-15H2,1H3,(H,26,28). The zero-order valence-corrected chi connectivity index (χ0v) is 17.0. The third kappa shape index (κ3) is 3.94. The van der Waals surface area contributed by atoms with Gasteiger partial charge in [0.1, 0.15) is 17.6 Å². The zero-order chi connectivity index (χ0) is 21.1. The van der Waals surface area contributed by atoms with Crippen LogP contribution in [0.15, 0.2) is 48.8 Å². The lowest BCUT2D eigenvalue weighted by Crippen LogP contribution is -2.56. The van der Waals surface area contributed by atoms with Gasteiger partial charge >= 0.3 is 0 Å². The number of carbonyl (C=O) groups is 2. The molecule has 158 valence electrons. The summed E-state index contributed by atoms with van der Waals surface area (Å²) in [5.41, 5.74) is -0.0358. The monoisotopic (exact) mass is 411 g/mol. The molecule has 2 amide bonds. The van der Waals surface area contributed by atoms with Crippen molar-refractivity contribution < 1.29 is 18.7 Å². The minimum atomic E-state index is -0.859. The van der Waals surface area contributed by atoms with E-state index in [0.717, 1.165) is 18.4 Å². The Balaban J connectivity index is 1.59. The predicted molar refractivity (Wildman–Crippen MR) is 109 cm³/mol. The summed E-state index contributed by atoms with van der Waals surface area (Å²) >= 11 is 0. The lowest BCUT2D eigenvalue weighted by molar-refractivity contribution is -0.128. The van der Waals surface area contributed by atoms with Crippen molar-refractivity contribution in [3.63, 3.8) is 0 Å². The molecule has 2 heterocycles. The van der Waals surface area contributed by atoms with Crippen molar-refractivity contribution >= 4 is 11.8 Å². The molecule has 4 rings (SSSR count). The molecule has 1 aliphatic carbocycles. The van der Waals surface area contributed by atoms with E-state index in [9.17, 15) is 14.0 Å². The Morgan fingerprint density at radius 2 is 2.00 bits per heavy atom. The van der Waals surface area contributed by atoms with Gasteiger partial charge in [-0.25, -0.2) is 4.39 Å². The number of ether oxygens (including phenoxy) is 1. The molecule has 2 fully saturated rings. The van der Waals surface area contributed by atoms with Crippen LogP contribution in [0, 0.1) is 11.7 Å². The third-order valence-electron chi connectivity index (χ3n) is 6.13. The highest BCUT2D eigenvalue weighted by atomic mass is 19.1. The molecule has 0 bridgehead atoms. The number of nitrogens with zero attached hydrogens (tertiary/aromatic N) is 2. The van der Waals surface area contributed by atoms with Gasteiger partial charge in [-0.2, -0.15) is 0 Å². The van der Waals surface area contributed by atoms with Crippen LogP contribution in [0.25, 0.3) is 0 Å². The van der Waals surface area contributed by atoms with E-state index in [1.54, 1.807) is 30.6 Å². The van der Waals surface area contributed by atoms with Gasteiger partial charge in [0.2, 0.25) is 5.91 Å². The van der Waals surface area contributed by atoms with E-state index in [0.29, 0.717) is 25.3 Å². The number of amides is 2. The van der Waals surface area contributed by atoms with Crippen LogP contribution in [-0.2, 0) is 16.1 Å². The van der Waals surface area contributed by atoms with Gasteiger partial charge in [0, 0.05) is 18.9 Å². The van der Waals surface area contributed by atoms with Crippen LogP contribution in [0.2, 0.25) is 0 Å². The quantitative estimate of drug-likeness (QED) is 0.838. The highest BCUT2D eigenvalue weighted by Gasteiger charge is 2.53. The average Bonchev–Trinajstić information content (AvgIpc) is 3.14. The third-order valence-corrected chi connectivity index (χ3v) is 6.13. The highest BCUT2D eigenvalue weighted by Crippen LogP contribution is 2.43. The maximum absolute atomic E-state index is 14.4. The van der Waals surface area contributed by atoms with Crippen molar-refractivity contribution in [3.8, 4) is 0 Å². The van der Waals surface area contributed by atoms with E-state index in [-0.39, 0.29) is 18.1 Å². The second-order valence-electron chi connectivity index (χ2n) is 8.19. The molecule has 1 aliphatic heterocycles. The number of halogens is 1. The molecule has 1 unspecified atom stereocenters. The number of benzene rings is 1. The van der Waals surface area contributed by atoms with E-state index < -0.39 is 23.5 Å². The van der Waals surface area contributed by atoms with Gasteiger partial charge in [-0.1, -0.05) is 25.1 Å². The van der Waals surface area contributed by atoms with Crippen LogP contribution in [0.4, 0.5) is 4.39 Å². The Morgan fingerprint density at radius 1 is 1.23 bits per heavy atom. The summed E-state index contributed by atoms with van der Waals surface area (Å²) in [5.74, 6) is -0.868. The zero-order valence-electron chi connectivity index (χ0n) is 17.0. The number of carbonyl (C=O) groups excluding carboxylic acids is 2. The van der Waals surface area contributed by atoms with Gasteiger partial charge in [-0.05, 0) is 55.4 Å². The molecule has 1 aromatic heterocycles. The molecule has 2 aliphatic rings. The Kier molecular flexibility index (Phi) is 5.81. The molecular formula is C23H26FN3O3. The molecule has 1 aromatic carbocycles. The number of rotatable bonds is 4. The summed E-state index contributed by atoms with van der Waals surface area (Å²) in [7, 11) is 0. The van der Waals surface area contributed by atoms with E-state index in [1.165, 1.54) is 17.0 Å². The van der Waals surface area contributed by atoms with Crippen molar-refractivity contribution in [3.05, 3.63) is 65.7 Å². The van der Waals surface area contributed by atoms with Gasteiger partial charge < -0.3 is 10.1 Å². The number of pyridine rings is 1. The van der Waals surface area contributed by atoms with Gasteiger partial charge in [0.25, 0.3) is 5.91 Å². The molecule has 1 spiro atoms. The van der Waals surface area contributed by atoms with Crippen molar-refractivity contribution in [2.24, 2.45) is 5.92 Å². The minimum Gasteiger partial charge on any atom is -0.353 e. The molecule has 30 heavy (non-hydrogen) atoms. The van der Waals surface area contributed by atoms with E-state index in [1.807, 2.05) is 6.07 Å². The first-order valence-electron chi connectivity index (χ1n) is 10.4. The molecule has 1 saturated carbocycles. The molecule has 1 atom stereocenters. The van der Waals surface area contributed by atoms with Gasteiger partial charge in [0.05, 0.1) is 12.2 Å². The first-order valence-corrected chi connectivity index (χ1v) is 10.4. The fourth-order valence-corrected chi connectivity index (χ4v) is 4.35. The first-order chi connectivity index (χ1) is 14.5. The fourth-order valence-electron chi connectivity index (χ4n) is 4.35. The first kappa shape index (κ1) is 20.5. The van der Waals surface area contributed by atoms with Crippen molar-refractivity contribution in [2.45, 2.75) is 50.9 Å². The summed E-state index contributed by atoms with van der Waals surface area (Å²) in [6.07, 6.45) is 6.41. The number of hydrogen-bond donors (Lipinski definition) is 1. The number of nitrogens with one attached hydrogen (secondary N) is 1. The van der Waals surface area contributed by atoms with Crippen LogP contribution < -0.4 is 5.32 Å². The van der Waals surface area contributed by atoms with Crippen LogP contribution in [0.5, 0.6) is 0 Å². The molecule has 7 heteroatoms. The Bertz CT molecular complexity index is 913. The van der Waals surface area contributed by atoms with Crippen molar-refractivity contribution in [1.29, 1.82) is 0 Å². The molecular weight excluding hydrogens is 385 g/mol. The van der Waals surface area contributed by atoms with Gasteiger partial charge in [-0.15, -0.1) is 0 Å². The Morgan fingerprint density at radius 3 is 2.70 bits per heavy atom. The highest BCUT2D eigenvalue weighted by molar-refractivity contribution is 5.98. The number of hydrogen-bond acceptors (Lipinski definition) is 4. The van der Waals surface area contributed by atoms with Crippen molar-refractivity contribution in [1.82, 2.24) is 15.2 Å². The smallest absolute Gasteiger partial charge is 0.259 e. The summed E-state index contributed by atoms with van der Waals surface area (Å²) in [6, 6.07) is 8.75.